The van der Waals surface area contributed by atoms with Gasteiger partial charge in [0.2, 0.25) is 5.62 Å². The maximum Gasteiger partial charge on any atom is 0.351 e. The number of aromatic nitrogens is 2. The van der Waals surface area contributed by atoms with E-state index in [2.05, 4.69) is 4.98 Å². The molecule has 8 heteroatoms. The van der Waals surface area contributed by atoms with Crippen molar-refractivity contribution in [1.29, 1.82) is 0 Å². The van der Waals surface area contributed by atoms with Gasteiger partial charge in [0.25, 0.3) is 0 Å². The molecule has 1 aromatic heterocycles. The van der Waals surface area contributed by atoms with Gasteiger partial charge in [0.1, 0.15) is 0 Å². The maximum atomic E-state index is 13.2. The number of nitrogen functional groups attached to an aromatic ring is 1. The van der Waals surface area contributed by atoms with Crippen molar-refractivity contribution in [3.8, 4) is 0 Å². The number of methoxy groups -OCH3 is 1. The van der Waals surface area contributed by atoms with Crippen LogP contribution in [0.5, 0.6) is 0 Å². The molecule has 0 amide bonds. The molecule has 1 fully saturated rings. The zero-order chi connectivity index (χ0) is 11.7. The molecule has 16 heavy (non-hydrogen) atoms. The van der Waals surface area contributed by atoms with Gasteiger partial charge in [-0.15, -0.1) is 0 Å². The largest absolute Gasteiger partial charge is 0.381 e. The summed E-state index contributed by atoms with van der Waals surface area (Å²) in [5, 5.41) is 0. The van der Waals surface area contributed by atoms with Crippen molar-refractivity contribution >= 4 is 17.6 Å². The molecule has 2 unspecified atom stereocenters. The number of hydrogen-bond donors (Lipinski definition) is 1. The summed E-state index contributed by atoms with van der Waals surface area (Å²) in [5.41, 5.74) is 4.09. The Morgan fingerprint density at radius 1 is 1.81 bits per heavy atom. The third-order valence-corrected chi connectivity index (χ3v) is 3.13. The number of nitrogens with zero attached hydrogens (tertiary/aromatic N) is 2. The molecule has 2 rings (SSSR count). The minimum absolute atomic E-state index is 0.407. The number of thioether (sulfide) groups is 1. The average Bonchev–Trinajstić information content (AvgIpc) is 2.71. The van der Waals surface area contributed by atoms with Crippen LogP contribution in [0.25, 0.3) is 0 Å². The lowest BCUT2D eigenvalue weighted by Crippen LogP contribution is -2.29. The second kappa shape index (κ2) is 4.40. The summed E-state index contributed by atoms with van der Waals surface area (Å²) >= 11 is 1.38. The Kier molecular flexibility index (Phi) is 3.13. The number of hydrogen-bond acceptors (Lipinski definition) is 6. The van der Waals surface area contributed by atoms with Gasteiger partial charge in [0.05, 0.1) is 6.20 Å². The molecule has 1 aliphatic rings. The fourth-order valence-electron chi connectivity index (χ4n) is 1.30. The molecule has 2 atom stereocenters. The number of anilines is 1. The van der Waals surface area contributed by atoms with Crippen molar-refractivity contribution in [2.45, 2.75) is 11.8 Å². The molecule has 0 aliphatic carbocycles. The van der Waals surface area contributed by atoms with E-state index in [1.54, 1.807) is 0 Å². The minimum Gasteiger partial charge on any atom is -0.381 e. The van der Waals surface area contributed by atoms with Gasteiger partial charge < -0.3 is 15.2 Å². The number of nitrogens with two attached hydrogens (primary N) is 1. The summed E-state index contributed by atoms with van der Waals surface area (Å²) in [5.74, 6) is -0.659. The van der Waals surface area contributed by atoms with E-state index in [1.165, 1.54) is 18.9 Å². The Labute approximate surface area is 94.6 Å². The first-order chi connectivity index (χ1) is 7.61. The molecule has 0 saturated carbocycles. The van der Waals surface area contributed by atoms with Crippen LogP contribution in [0.2, 0.25) is 0 Å². The highest BCUT2D eigenvalue weighted by molar-refractivity contribution is 7.99. The van der Waals surface area contributed by atoms with Crippen molar-refractivity contribution in [2.75, 3.05) is 18.6 Å². The quantitative estimate of drug-likeness (QED) is 0.801. The Morgan fingerprint density at radius 2 is 2.56 bits per heavy atom. The topological polar surface area (TPSA) is 79.4 Å². The van der Waals surface area contributed by atoms with Crippen LogP contribution < -0.4 is 11.4 Å². The Bertz CT molecular complexity index is 453. The number of ether oxygens (including phenoxy) is 2. The van der Waals surface area contributed by atoms with E-state index < -0.39 is 29.2 Å². The third kappa shape index (κ3) is 2.04. The zero-order valence-electron chi connectivity index (χ0n) is 8.42. The SMILES string of the molecule is COC1OC(n2cc(F)c(N)nc2=O)CS1. The summed E-state index contributed by atoms with van der Waals surface area (Å²) in [6, 6.07) is 0. The molecular weight excluding hydrogens is 237 g/mol. The van der Waals surface area contributed by atoms with E-state index >= 15 is 0 Å². The minimum atomic E-state index is -0.742. The van der Waals surface area contributed by atoms with Crippen LogP contribution >= 0.6 is 11.8 Å². The van der Waals surface area contributed by atoms with E-state index in [0.29, 0.717) is 5.75 Å². The molecule has 0 radical (unpaired) electrons. The average molecular weight is 247 g/mol. The number of halogens is 1. The predicted molar refractivity (Wildman–Crippen MR) is 56.2 cm³/mol. The third-order valence-electron chi connectivity index (χ3n) is 2.08. The predicted octanol–water partition coefficient (Wildman–Crippen LogP) is 0.157. The molecule has 1 aromatic rings. The van der Waals surface area contributed by atoms with Crippen LogP contribution in [-0.4, -0.2) is 28.0 Å². The molecule has 1 aliphatic heterocycles. The Hall–Kier alpha value is -1.12. The van der Waals surface area contributed by atoms with Gasteiger partial charge in [0.15, 0.2) is 17.9 Å². The number of rotatable bonds is 2. The van der Waals surface area contributed by atoms with Crippen molar-refractivity contribution in [3.63, 3.8) is 0 Å². The lowest BCUT2D eigenvalue weighted by atomic mass is 10.5. The van der Waals surface area contributed by atoms with Crippen LogP contribution in [0.15, 0.2) is 11.0 Å². The molecule has 88 valence electrons. The molecule has 0 aromatic carbocycles. The normalized spacial score (nSPS) is 24.9. The van der Waals surface area contributed by atoms with Crippen molar-refractivity contribution < 1.29 is 13.9 Å². The Morgan fingerprint density at radius 3 is 3.19 bits per heavy atom. The Balaban J connectivity index is 2.28. The first-order valence-corrected chi connectivity index (χ1v) is 5.50. The zero-order valence-corrected chi connectivity index (χ0v) is 9.24. The van der Waals surface area contributed by atoms with Crippen LogP contribution in [0, 0.1) is 5.82 Å². The van der Waals surface area contributed by atoms with Crippen LogP contribution in [0.4, 0.5) is 10.2 Å². The fourth-order valence-corrected chi connectivity index (χ4v) is 2.20. The standard InChI is InChI=1S/C8H10FN3O3S/c1-14-8-15-5(3-16-8)12-2-4(9)6(10)11-7(12)13/h2,5,8H,3H2,1H3,(H2,10,11,13). The second-order valence-corrected chi connectivity index (χ2v) is 4.16. The van der Waals surface area contributed by atoms with E-state index in [4.69, 9.17) is 15.2 Å². The van der Waals surface area contributed by atoms with Crippen molar-refractivity contribution in [2.24, 2.45) is 0 Å². The van der Waals surface area contributed by atoms with Crippen LogP contribution in [-0.2, 0) is 9.47 Å². The van der Waals surface area contributed by atoms with Gasteiger partial charge in [-0.2, -0.15) is 4.98 Å². The highest BCUT2D eigenvalue weighted by Crippen LogP contribution is 2.31. The van der Waals surface area contributed by atoms with Gasteiger partial charge >= 0.3 is 5.69 Å². The summed E-state index contributed by atoms with van der Waals surface area (Å²) < 4.78 is 24.5. The van der Waals surface area contributed by atoms with Crippen LogP contribution in [0.3, 0.4) is 0 Å². The first kappa shape index (κ1) is 11.4. The fraction of sp³-hybridized carbons (Fsp3) is 0.500. The van der Waals surface area contributed by atoms with Gasteiger partial charge in [0, 0.05) is 12.9 Å². The van der Waals surface area contributed by atoms with Gasteiger partial charge in [-0.3, -0.25) is 4.57 Å². The molecule has 2 N–H and O–H groups in total. The molecule has 0 bridgehead atoms. The van der Waals surface area contributed by atoms with E-state index in [0.717, 1.165) is 10.8 Å². The van der Waals surface area contributed by atoms with Crippen LogP contribution in [0.1, 0.15) is 6.23 Å². The lowest BCUT2D eigenvalue weighted by Gasteiger charge is -2.13. The molecule has 1 saturated heterocycles. The summed E-state index contributed by atoms with van der Waals surface area (Å²) in [4.78, 5) is 14.8. The van der Waals surface area contributed by atoms with Gasteiger partial charge in [-0.25, -0.2) is 9.18 Å². The van der Waals surface area contributed by atoms with E-state index in [9.17, 15) is 9.18 Å². The summed E-state index contributed by atoms with van der Waals surface area (Å²) in [7, 11) is 1.49. The molecule has 6 nitrogen and oxygen atoms in total. The van der Waals surface area contributed by atoms with Gasteiger partial charge in [-0.05, 0) is 0 Å². The van der Waals surface area contributed by atoms with E-state index in [1.807, 2.05) is 0 Å². The van der Waals surface area contributed by atoms with E-state index in [-0.39, 0.29) is 0 Å². The molecule has 2 heterocycles. The van der Waals surface area contributed by atoms with Gasteiger partial charge in [-0.1, -0.05) is 11.8 Å². The molecule has 0 spiro atoms. The maximum absolute atomic E-state index is 13.2. The first-order valence-electron chi connectivity index (χ1n) is 4.46. The monoisotopic (exact) mass is 247 g/mol. The highest BCUT2D eigenvalue weighted by atomic mass is 32.2. The summed E-state index contributed by atoms with van der Waals surface area (Å²) in [6.07, 6.45) is 0.415. The van der Waals surface area contributed by atoms with Crippen molar-refractivity contribution in [3.05, 3.63) is 22.5 Å². The van der Waals surface area contributed by atoms with Crippen molar-refractivity contribution in [1.82, 2.24) is 9.55 Å². The molecular formula is C8H10FN3O3S. The summed E-state index contributed by atoms with van der Waals surface area (Å²) in [6.45, 7) is 0. The second-order valence-electron chi connectivity index (χ2n) is 3.11. The smallest absolute Gasteiger partial charge is 0.351 e. The highest BCUT2D eigenvalue weighted by Gasteiger charge is 2.28. The lowest BCUT2D eigenvalue weighted by molar-refractivity contribution is -0.104.